The first-order chi connectivity index (χ1) is 26.1. The Hall–Kier alpha value is -4.59. The van der Waals surface area contributed by atoms with E-state index in [-0.39, 0.29) is 55.8 Å². The summed E-state index contributed by atoms with van der Waals surface area (Å²) in [6, 6.07) is 3.66. The number of benzene rings is 1. The highest BCUT2D eigenvalue weighted by Gasteiger charge is 2.53. The maximum Gasteiger partial charge on any atom is 0.315 e. The molecule has 5 amide bonds. The lowest BCUT2D eigenvalue weighted by Gasteiger charge is -2.43. The van der Waals surface area contributed by atoms with Crippen molar-refractivity contribution < 1.29 is 33.6 Å². The molecule has 0 radical (unpaired) electrons. The second kappa shape index (κ2) is 17.5. The third-order valence-electron chi connectivity index (χ3n) is 12.6. The standard InChI is InChI=1S/C44H58N4O7/c1-7-9-17-28(37(51)33(49)22-10-8-2)25-34(50)36-30-21-16-18-29(30)26-47(36)41(54)38(44(6)23-14-11-15-24-44)46-42(55)45-35(43(3,4)5)27-48-39(52)31-19-12-13-20-32(31)40(48)53/h1,8,12-13,19-20,28-30,35-36,38H,2,9-11,14-18,21-27H2,3-6H3,(H2,45,46,55)/t28?,29-,30-,35+,36-,38+/m0/s1. The third kappa shape index (κ3) is 9.11. The lowest BCUT2D eigenvalue weighted by Crippen LogP contribution is -2.62. The molecule has 2 heterocycles. The number of Topliss-reactive ketones (excluding diaryl/α,β-unsaturated/α-hetero) is 3. The largest absolute Gasteiger partial charge is 0.333 e. The first-order valence-corrected chi connectivity index (χ1v) is 20.1. The maximum absolute atomic E-state index is 15.0. The quantitative estimate of drug-likeness (QED) is 0.0903. The van der Waals surface area contributed by atoms with Crippen molar-refractivity contribution in [1.82, 2.24) is 20.4 Å². The summed E-state index contributed by atoms with van der Waals surface area (Å²) in [6.07, 6.45) is 14.5. The summed E-state index contributed by atoms with van der Waals surface area (Å²) in [5.41, 5.74) is -0.525. The van der Waals surface area contributed by atoms with Gasteiger partial charge in [0.2, 0.25) is 11.7 Å². The van der Waals surface area contributed by atoms with Crippen molar-refractivity contribution in [2.45, 2.75) is 129 Å². The van der Waals surface area contributed by atoms with Gasteiger partial charge >= 0.3 is 6.03 Å². The van der Waals surface area contributed by atoms with Crippen molar-refractivity contribution in [3.8, 4) is 12.3 Å². The Morgan fingerprint density at radius 3 is 2.25 bits per heavy atom. The first-order valence-electron chi connectivity index (χ1n) is 20.1. The summed E-state index contributed by atoms with van der Waals surface area (Å²) in [7, 11) is 0. The molecule has 5 rings (SSSR count). The van der Waals surface area contributed by atoms with Gasteiger partial charge in [-0.25, -0.2) is 4.79 Å². The van der Waals surface area contributed by atoms with Gasteiger partial charge < -0.3 is 15.5 Å². The topological polar surface area (TPSA) is 150 Å². The first kappa shape index (κ1) is 41.6. The summed E-state index contributed by atoms with van der Waals surface area (Å²) in [5, 5.41) is 6.06. The minimum absolute atomic E-state index is 0.0180. The Morgan fingerprint density at radius 1 is 1.00 bits per heavy atom. The second-order valence-electron chi connectivity index (χ2n) is 17.5. The SMILES string of the molecule is C#CCCC(CC(=O)[C@@H]1[C@H]2CCC[C@H]2CN1C(=O)[C@@H](NC(=O)N[C@H](CN1C(=O)c2ccccc2C1=O)C(C)(C)C)C1(C)CCCCC1)C(=O)C(=O)CCC=C. The number of imide groups is 1. The van der Waals surface area contributed by atoms with E-state index in [1.165, 1.54) is 4.90 Å². The molecule has 0 bridgehead atoms. The van der Waals surface area contributed by atoms with Gasteiger partial charge in [0.05, 0.1) is 29.8 Å². The molecular formula is C44H58N4O7. The number of hydrogen-bond acceptors (Lipinski definition) is 7. The van der Waals surface area contributed by atoms with Gasteiger partial charge in [-0.2, -0.15) is 0 Å². The van der Waals surface area contributed by atoms with Gasteiger partial charge in [-0.1, -0.05) is 71.6 Å². The highest BCUT2D eigenvalue weighted by Crippen LogP contribution is 2.46. The molecule has 2 N–H and O–H groups in total. The lowest BCUT2D eigenvalue weighted by molar-refractivity contribution is -0.144. The summed E-state index contributed by atoms with van der Waals surface area (Å²) < 4.78 is 0. The van der Waals surface area contributed by atoms with Crippen LogP contribution in [0.25, 0.3) is 0 Å². The van der Waals surface area contributed by atoms with Crippen LogP contribution in [0.1, 0.15) is 132 Å². The van der Waals surface area contributed by atoms with Gasteiger partial charge in [0.25, 0.3) is 11.8 Å². The summed E-state index contributed by atoms with van der Waals surface area (Å²) in [4.78, 5) is 98.9. The number of hydrogen-bond donors (Lipinski definition) is 2. The van der Waals surface area contributed by atoms with Gasteiger partial charge in [0, 0.05) is 31.7 Å². The van der Waals surface area contributed by atoms with Crippen molar-refractivity contribution in [1.29, 1.82) is 0 Å². The molecule has 1 unspecified atom stereocenters. The zero-order valence-electron chi connectivity index (χ0n) is 33.0. The smallest absolute Gasteiger partial charge is 0.315 e. The van der Waals surface area contributed by atoms with Crippen LogP contribution in [0.3, 0.4) is 0 Å². The van der Waals surface area contributed by atoms with Crippen molar-refractivity contribution in [2.75, 3.05) is 13.1 Å². The number of nitrogens with one attached hydrogen (secondary N) is 2. The highest BCUT2D eigenvalue weighted by molar-refractivity contribution is 6.38. The van der Waals surface area contributed by atoms with Crippen LogP contribution < -0.4 is 10.6 Å². The van der Waals surface area contributed by atoms with E-state index in [1.54, 1.807) is 35.2 Å². The number of urea groups is 1. The van der Waals surface area contributed by atoms with Crippen molar-refractivity contribution in [3.05, 3.63) is 48.0 Å². The van der Waals surface area contributed by atoms with Gasteiger partial charge in [0.1, 0.15) is 6.04 Å². The van der Waals surface area contributed by atoms with Gasteiger partial charge in [-0.3, -0.25) is 33.7 Å². The number of terminal acetylenes is 1. The van der Waals surface area contributed by atoms with Crippen LogP contribution in [0, 0.1) is 40.9 Å². The molecule has 1 aromatic carbocycles. The zero-order chi connectivity index (χ0) is 40.1. The molecule has 2 aliphatic carbocycles. The predicted octanol–water partition coefficient (Wildman–Crippen LogP) is 6.06. The Bertz CT molecular complexity index is 1700. The Kier molecular flexibility index (Phi) is 13.2. The molecule has 6 atom stereocenters. The van der Waals surface area contributed by atoms with Crippen molar-refractivity contribution >= 4 is 41.1 Å². The van der Waals surface area contributed by atoms with E-state index in [0.29, 0.717) is 36.9 Å². The average molecular weight is 755 g/mol. The van der Waals surface area contributed by atoms with Crippen LogP contribution in [-0.2, 0) is 19.2 Å². The molecule has 4 aliphatic rings. The van der Waals surface area contributed by atoms with Crippen LogP contribution in [0.15, 0.2) is 36.9 Å². The second-order valence-corrected chi connectivity index (χ2v) is 17.5. The van der Waals surface area contributed by atoms with Crippen LogP contribution in [0.5, 0.6) is 0 Å². The summed E-state index contributed by atoms with van der Waals surface area (Å²) in [6.45, 7) is 11.7. The number of allylic oxidation sites excluding steroid dienone is 1. The Labute approximate surface area is 325 Å². The summed E-state index contributed by atoms with van der Waals surface area (Å²) >= 11 is 0. The van der Waals surface area contributed by atoms with Crippen LogP contribution in [0.4, 0.5) is 4.79 Å². The number of likely N-dealkylation sites (tertiary alicyclic amines) is 1. The van der Waals surface area contributed by atoms with Gasteiger partial charge in [-0.15, -0.1) is 18.9 Å². The molecule has 2 saturated carbocycles. The van der Waals surface area contributed by atoms with E-state index in [1.807, 2.05) is 27.7 Å². The number of fused-ring (bicyclic) bond motifs is 2. The van der Waals surface area contributed by atoms with Gasteiger partial charge in [-0.05, 0) is 73.3 Å². The number of rotatable bonds is 16. The molecule has 1 aromatic rings. The van der Waals surface area contributed by atoms with Crippen LogP contribution in [-0.4, -0.2) is 82.1 Å². The van der Waals surface area contributed by atoms with Crippen LogP contribution in [0.2, 0.25) is 0 Å². The Morgan fingerprint density at radius 2 is 1.65 bits per heavy atom. The minimum atomic E-state index is -0.957. The van der Waals surface area contributed by atoms with E-state index >= 15 is 0 Å². The fourth-order valence-electron chi connectivity index (χ4n) is 9.28. The molecule has 1 saturated heterocycles. The van der Waals surface area contributed by atoms with Crippen molar-refractivity contribution in [2.24, 2.45) is 28.6 Å². The monoisotopic (exact) mass is 754 g/mol. The third-order valence-corrected chi connectivity index (χ3v) is 12.6. The molecular weight excluding hydrogens is 697 g/mol. The number of amides is 5. The molecule has 0 spiro atoms. The number of carbonyl (C=O) groups excluding carboxylic acids is 7. The van der Waals surface area contributed by atoms with E-state index in [9.17, 15) is 33.6 Å². The Balaban J connectivity index is 1.38. The molecule has 296 valence electrons. The van der Waals surface area contributed by atoms with E-state index in [0.717, 1.165) is 38.5 Å². The fraction of sp³-hybridized carbons (Fsp3) is 0.614. The normalized spacial score (nSPS) is 23.2. The average Bonchev–Trinajstić information content (AvgIpc) is 3.83. The number of nitrogens with zero attached hydrogens (tertiary/aromatic N) is 2. The predicted molar refractivity (Wildman–Crippen MR) is 209 cm³/mol. The molecule has 2 aliphatic heterocycles. The molecule has 0 aromatic heterocycles. The number of carbonyl (C=O) groups is 7. The minimum Gasteiger partial charge on any atom is -0.333 e. The highest BCUT2D eigenvalue weighted by atomic mass is 16.2. The maximum atomic E-state index is 15.0. The lowest BCUT2D eigenvalue weighted by atomic mass is 9.70. The van der Waals surface area contributed by atoms with Crippen molar-refractivity contribution in [3.63, 3.8) is 0 Å². The van der Waals surface area contributed by atoms with E-state index in [4.69, 9.17) is 6.42 Å². The molecule has 11 heteroatoms. The molecule has 11 nitrogen and oxygen atoms in total. The van der Waals surface area contributed by atoms with E-state index < -0.39 is 64.3 Å². The number of ketones is 3. The van der Waals surface area contributed by atoms with E-state index in [2.05, 4.69) is 23.1 Å². The zero-order valence-corrected chi connectivity index (χ0v) is 33.0. The fourth-order valence-corrected chi connectivity index (χ4v) is 9.28. The van der Waals surface area contributed by atoms with Crippen LogP contribution >= 0.6 is 0 Å². The summed E-state index contributed by atoms with van der Waals surface area (Å²) in [5.74, 6) is -0.866. The molecule has 55 heavy (non-hydrogen) atoms. The van der Waals surface area contributed by atoms with Gasteiger partial charge in [0.15, 0.2) is 11.6 Å². The molecule has 3 fully saturated rings.